The molecule has 2 aromatic carbocycles. The Morgan fingerprint density at radius 2 is 1.65 bits per heavy atom. The van der Waals surface area contributed by atoms with E-state index in [1.807, 2.05) is 31.2 Å². The molecule has 0 saturated heterocycles. The van der Waals surface area contributed by atoms with Crippen LogP contribution in [0.25, 0.3) is 33.3 Å². The molecule has 0 saturated carbocycles. The minimum absolute atomic E-state index is 0.00656. The van der Waals surface area contributed by atoms with Gasteiger partial charge in [0.1, 0.15) is 5.15 Å². The number of nitrogens with two attached hydrogens (primary N) is 1. The summed E-state index contributed by atoms with van der Waals surface area (Å²) in [4.78, 5) is 9.09. The van der Waals surface area contributed by atoms with E-state index < -0.39 is 0 Å². The van der Waals surface area contributed by atoms with Crippen LogP contribution in [0.2, 0.25) is 5.15 Å². The molecule has 2 N–H and O–H groups in total. The third-order valence-corrected chi connectivity index (χ3v) is 4.79. The summed E-state index contributed by atoms with van der Waals surface area (Å²) >= 11 is 6.31. The maximum absolute atomic E-state index is 6.31. The summed E-state index contributed by atoms with van der Waals surface area (Å²) in [6, 6.07) is 22.4. The van der Waals surface area contributed by atoms with Crippen LogP contribution in [0, 0.1) is 0 Å². The highest BCUT2D eigenvalue weighted by Gasteiger charge is 2.13. The molecule has 2 aromatic heterocycles. The van der Waals surface area contributed by atoms with Crippen LogP contribution in [0.1, 0.15) is 18.5 Å². The first-order chi connectivity index (χ1) is 12.6. The van der Waals surface area contributed by atoms with Crippen LogP contribution in [-0.4, -0.2) is 9.97 Å². The summed E-state index contributed by atoms with van der Waals surface area (Å²) in [6.45, 7) is 1.98. The Morgan fingerprint density at radius 1 is 0.923 bits per heavy atom. The Kier molecular flexibility index (Phi) is 4.41. The summed E-state index contributed by atoms with van der Waals surface area (Å²) in [6.07, 6.45) is 1.68. The van der Waals surface area contributed by atoms with Crippen molar-refractivity contribution in [3.05, 3.63) is 83.6 Å². The molecule has 3 nitrogen and oxygen atoms in total. The van der Waals surface area contributed by atoms with Gasteiger partial charge in [-0.1, -0.05) is 66.2 Å². The van der Waals surface area contributed by atoms with Crippen molar-refractivity contribution in [1.29, 1.82) is 0 Å². The van der Waals surface area contributed by atoms with E-state index in [1.54, 1.807) is 6.20 Å². The van der Waals surface area contributed by atoms with E-state index in [-0.39, 0.29) is 6.04 Å². The first kappa shape index (κ1) is 16.7. The maximum Gasteiger partial charge on any atom is 0.138 e. The van der Waals surface area contributed by atoms with Crippen molar-refractivity contribution in [1.82, 2.24) is 9.97 Å². The minimum atomic E-state index is 0.00656. The SMILES string of the molecule is CC(N)c1ccc(-c2nc3ccnc(Cl)c3cc2-c2ccccc2)cc1. The van der Waals surface area contributed by atoms with Gasteiger partial charge in [-0.05, 0) is 30.2 Å². The highest BCUT2D eigenvalue weighted by molar-refractivity contribution is 6.34. The van der Waals surface area contributed by atoms with Crippen molar-refractivity contribution in [2.45, 2.75) is 13.0 Å². The van der Waals surface area contributed by atoms with E-state index in [4.69, 9.17) is 22.3 Å². The van der Waals surface area contributed by atoms with E-state index in [1.165, 1.54) is 0 Å². The molecule has 4 rings (SSSR count). The van der Waals surface area contributed by atoms with Crippen LogP contribution in [0.4, 0.5) is 0 Å². The van der Waals surface area contributed by atoms with Crippen LogP contribution in [0.5, 0.6) is 0 Å². The molecular weight excluding hydrogens is 342 g/mol. The Hall–Kier alpha value is -2.75. The van der Waals surface area contributed by atoms with Crippen molar-refractivity contribution in [2.24, 2.45) is 5.73 Å². The van der Waals surface area contributed by atoms with Gasteiger partial charge < -0.3 is 5.73 Å². The van der Waals surface area contributed by atoms with Crippen molar-refractivity contribution >= 4 is 22.5 Å². The molecule has 0 aliphatic rings. The van der Waals surface area contributed by atoms with Crippen LogP contribution in [0.3, 0.4) is 0 Å². The number of hydrogen-bond acceptors (Lipinski definition) is 3. The molecule has 0 aliphatic heterocycles. The van der Waals surface area contributed by atoms with Crippen LogP contribution < -0.4 is 5.73 Å². The topological polar surface area (TPSA) is 51.8 Å². The first-order valence-corrected chi connectivity index (χ1v) is 8.88. The van der Waals surface area contributed by atoms with Gasteiger partial charge in [0.25, 0.3) is 0 Å². The van der Waals surface area contributed by atoms with Gasteiger partial charge in [0.2, 0.25) is 0 Å². The number of fused-ring (bicyclic) bond motifs is 1. The fourth-order valence-electron chi connectivity index (χ4n) is 3.07. The number of pyridine rings is 2. The predicted molar refractivity (Wildman–Crippen MR) is 108 cm³/mol. The van der Waals surface area contributed by atoms with E-state index in [0.717, 1.165) is 38.9 Å². The zero-order valence-corrected chi connectivity index (χ0v) is 15.1. The summed E-state index contributed by atoms with van der Waals surface area (Å²) in [7, 11) is 0. The summed E-state index contributed by atoms with van der Waals surface area (Å²) in [5.74, 6) is 0. The normalized spacial score (nSPS) is 12.3. The Balaban J connectivity index is 1.97. The Morgan fingerprint density at radius 3 is 2.35 bits per heavy atom. The molecule has 2 heterocycles. The van der Waals surface area contributed by atoms with Gasteiger partial charge in [0.15, 0.2) is 0 Å². The number of rotatable bonds is 3. The zero-order valence-electron chi connectivity index (χ0n) is 14.4. The molecule has 1 atom stereocenters. The molecule has 0 radical (unpaired) electrons. The summed E-state index contributed by atoms with van der Waals surface area (Å²) in [5.41, 5.74) is 12.0. The number of aromatic nitrogens is 2. The summed E-state index contributed by atoms with van der Waals surface area (Å²) < 4.78 is 0. The molecule has 4 heteroatoms. The second-order valence-electron chi connectivity index (χ2n) is 6.33. The maximum atomic E-state index is 6.31. The van der Waals surface area contributed by atoms with Crippen molar-refractivity contribution < 1.29 is 0 Å². The lowest BCUT2D eigenvalue weighted by molar-refractivity contribution is 0.818. The quantitative estimate of drug-likeness (QED) is 0.482. The van der Waals surface area contributed by atoms with Gasteiger partial charge in [0.05, 0.1) is 11.2 Å². The molecule has 0 aliphatic carbocycles. The molecule has 4 aromatic rings. The Labute approximate surface area is 157 Å². The average molecular weight is 360 g/mol. The lowest BCUT2D eigenvalue weighted by Gasteiger charge is -2.13. The van der Waals surface area contributed by atoms with Gasteiger partial charge in [0, 0.05) is 28.8 Å². The van der Waals surface area contributed by atoms with Crippen LogP contribution >= 0.6 is 11.6 Å². The largest absolute Gasteiger partial charge is 0.324 e. The van der Waals surface area contributed by atoms with Crippen molar-refractivity contribution in [3.8, 4) is 22.4 Å². The minimum Gasteiger partial charge on any atom is -0.324 e. The molecule has 0 spiro atoms. The number of nitrogens with zero attached hydrogens (tertiary/aromatic N) is 2. The van der Waals surface area contributed by atoms with E-state index in [9.17, 15) is 0 Å². The van der Waals surface area contributed by atoms with E-state index in [2.05, 4.69) is 47.4 Å². The van der Waals surface area contributed by atoms with Gasteiger partial charge in [-0.3, -0.25) is 0 Å². The predicted octanol–water partition coefficient (Wildman–Crippen LogP) is 5.64. The van der Waals surface area contributed by atoms with Crippen molar-refractivity contribution in [3.63, 3.8) is 0 Å². The standard InChI is InChI=1S/C22H18ClN3/c1-14(24)15-7-9-17(10-8-15)21-18(16-5-3-2-4-6-16)13-19-20(26-21)11-12-25-22(19)23/h2-14H,24H2,1H3. The van der Waals surface area contributed by atoms with Gasteiger partial charge in [-0.25, -0.2) is 9.97 Å². The molecule has 0 bridgehead atoms. The average Bonchev–Trinajstić information content (AvgIpc) is 2.68. The smallest absolute Gasteiger partial charge is 0.138 e. The van der Waals surface area contributed by atoms with E-state index in [0.29, 0.717) is 5.15 Å². The molecular formula is C22H18ClN3. The fourth-order valence-corrected chi connectivity index (χ4v) is 3.27. The molecule has 26 heavy (non-hydrogen) atoms. The molecule has 128 valence electrons. The zero-order chi connectivity index (χ0) is 18.1. The van der Waals surface area contributed by atoms with Crippen LogP contribution in [-0.2, 0) is 0 Å². The lowest BCUT2D eigenvalue weighted by Crippen LogP contribution is -2.04. The fraction of sp³-hybridized carbons (Fsp3) is 0.0909. The number of hydrogen-bond donors (Lipinski definition) is 1. The third kappa shape index (κ3) is 3.07. The monoisotopic (exact) mass is 359 g/mol. The highest BCUT2D eigenvalue weighted by Crippen LogP contribution is 2.35. The molecule has 0 fully saturated rings. The molecule has 1 unspecified atom stereocenters. The van der Waals surface area contributed by atoms with Gasteiger partial charge in [-0.15, -0.1) is 0 Å². The lowest BCUT2D eigenvalue weighted by atomic mass is 9.96. The van der Waals surface area contributed by atoms with E-state index >= 15 is 0 Å². The van der Waals surface area contributed by atoms with Gasteiger partial charge in [-0.2, -0.15) is 0 Å². The highest BCUT2D eigenvalue weighted by atomic mass is 35.5. The van der Waals surface area contributed by atoms with Gasteiger partial charge >= 0.3 is 0 Å². The Bertz CT molecular complexity index is 1060. The third-order valence-electron chi connectivity index (χ3n) is 4.49. The summed E-state index contributed by atoms with van der Waals surface area (Å²) in [5, 5.41) is 1.31. The number of halogens is 1. The van der Waals surface area contributed by atoms with Crippen molar-refractivity contribution in [2.75, 3.05) is 0 Å². The second kappa shape index (κ2) is 6.87. The molecule has 0 amide bonds. The van der Waals surface area contributed by atoms with Crippen LogP contribution in [0.15, 0.2) is 72.9 Å². The second-order valence-corrected chi connectivity index (χ2v) is 6.69. The first-order valence-electron chi connectivity index (χ1n) is 8.50. The number of benzene rings is 2.